The van der Waals surface area contributed by atoms with Crippen molar-refractivity contribution in [2.45, 2.75) is 56.3 Å². The maximum atomic E-state index is 13.1. The molecule has 0 heterocycles. The van der Waals surface area contributed by atoms with E-state index in [1.165, 1.54) is 12.1 Å². The van der Waals surface area contributed by atoms with Gasteiger partial charge in [-0.15, -0.1) is 0 Å². The fraction of sp³-hybridized carbons (Fsp3) is 0.562. The van der Waals surface area contributed by atoms with E-state index in [0.717, 1.165) is 12.1 Å². The number of hydrogen-bond acceptors (Lipinski definition) is 2. The Kier molecular flexibility index (Phi) is 4.90. The van der Waals surface area contributed by atoms with E-state index in [9.17, 15) is 31.9 Å². The van der Waals surface area contributed by atoms with Gasteiger partial charge in [0, 0.05) is 24.4 Å². The molecule has 1 fully saturated rings. The van der Waals surface area contributed by atoms with Gasteiger partial charge in [-0.1, -0.05) is 12.1 Å². The molecule has 1 aliphatic carbocycles. The molecule has 1 aromatic carbocycles. The molecule has 2 N–H and O–H groups in total. The highest BCUT2D eigenvalue weighted by atomic mass is 19.4. The molecule has 0 bridgehead atoms. The molecule has 1 aromatic rings. The van der Waals surface area contributed by atoms with Crippen LogP contribution in [0.4, 0.5) is 22.0 Å². The molecule has 1 aliphatic rings. The minimum Gasteiger partial charge on any atom is -0.376 e. The molecule has 3 nitrogen and oxygen atoms in total. The van der Waals surface area contributed by atoms with Crippen molar-refractivity contribution in [3.63, 3.8) is 0 Å². The number of benzene rings is 1. The van der Waals surface area contributed by atoms with Crippen LogP contribution in [-0.4, -0.2) is 29.2 Å². The van der Waals surface area contributed by atoms with Crippen LogP contribution in [0, 0.1) is 0 Å². The Morgan fingerprint density at radius 1 is 1.17 bits per heavy atom. The molecule has 2 rings (SSSR count). The van der Waals surface area contributed by atoms with Gasteiger partial charge in [0.25, 0.3) is 5.91 Å². The first-order valence-corrected chi connectivity index (χ1v) is 7.51. The standard InChI is InChI=1S/C16H18F5NO2/c1-14(24,16(19,20)21)11-4-2-10(3-5-11)13(23)22-12-6-8-15(17,18)9-7-12/h2-5,12,24H,6-9H2,1H3,(H,22,23). The normalized spacial score (nSPS) is 21.1. The van der Waals surface area contributed by atoms with Gasteiger partial charge in [0.05, 0.1) is 0 Å². The van der Waals surface area contributed by atoms with Gasteiger partial charge >= 0.3 is 6.18 Å². The maximum Gasteiger partial charge on any atom is 0.421 e. The third kappa shape index (κ3) is 4.03. The Hall–Kier alpha value is -1.70. The van der Waals surface area contributed by atoms with Crippen molar-refractivity contribution in [3.8, 4) is 0 Å². The van der Waals surface area contributed by atoms with Crippen molar-refractivity contribution in [1.82, 2.24) is 5.32 Å². The zero-order chi connectivity index (χ0) is 18.2. The van der Waals surface area contributed by atoms with Gasteiger partial charge in [0.2, 0.25) is 5.92 Å². The molecule has 8 heteroatoms. The predicted octanol–water partition coefficient (Wildman–Crippen LogP) is 3.76. The molecule has 0 radical (unpaired) electrons. The van der Waals surface area contributed by atoms with Crippen LogP contribution in [0.25, 0.3) is 0 Å². The molecule has 24 heavy (non-hydrogen) atoms. The number of hydrogen-bond donors (Lipinski definition) is 2. The maximum absolute atomic E-state index is 13.1. The molecular formula is C16H18F5NO2. The second-order valence-corrected chi connectivity index (χ2v) is 6.25. The fourth-order valence-corrected chi connectivity index (χ4v) is 2.56. The van der Waals surface area contributed by atoms with Crippen LogP contribution in [-0.2, 0) is 5.60 Å². The van der Waals surface area contributed by atoms with Gasteiger partial charge < -0.3 is 10.4 Å². The quantitative estimate of drug-likeness (QED) is 0.815. The number of amides is 1. The number of carbonyl (C=O) groups excluding carboxylic acids is 1. The van der Waals surface area contributed by atoms with Crippen molar-refractivity contribution in [1.29, 1.82) is 0 Å². The van der Waals surface area contributed by atoms with Crippen LogP contribution in [0.5, 0.6) is 0 Å². The van der Waals surface area contributed by atoms with Crippen LogP contribution in [0.2, 0.25) is 0 Å². The zero-order valence-corrected chi connectivity index (χ0v) is 13.0. The Morgan fingerprint density at radius 2 is 1.67 bits per heavy atom. The lowest BCUT2D eigenvalue weighted by Gasteiger charge is -2.29. The van der Waals surface area contributed by atoms with Gasteiger partial charge in [-0.25, -0.2) is 8.78 Å². The summed E-state index contributed by atoms with van der Waals surface area (Å²) in [5.74, 6) is -3.24. The lowest BCUT2D eigenvalue weighted by Crippen LogP contribution is -2.40. The molecule has 0 spiro atoms. The van der Waals surface area contributed by atoms with Crippen LogP contribution in [0.3, 0.4) is 0 Å². The van der Waals surface area contributed by atoms with E-state index in [2.05, 4.69) is 5.32 Å². The Labute approximate surface area is 135 Å². The molecule has 1 atom stereocenters. The first kappa shape index (κ1) is 18.6. The molecule has 0 aromatic heterocycles. The number of alkyl halides is 5. The Morgan fingerprint density at radius 3 is 2.12 bits per heavy atom. The minimum atomic E-state index is -4.84. The summed E-state index contributed by atoms with van der Waals surface area (Å²) in [6.45, 7) is 0.629. The first-order valence-electron chi connectivity index (χ1n) is 7.51. The average molecular weight is 351 g/mol. The van der Waals surface area contributed by atoms with Gasteiger partial charge in [-0.05, 0) is 37.5 Å². The molecular weight excluding hydrogens is 333 g/mol. The van der Waals surface area contributed by atoms with Crippen LogP contribution < -0.4 is 5.32 Å². The zero-order valence-electron chi connectivity index (χ0n) is 13.0. The molecule has 1 saturated carbocycles. The predicted molar refractivity (Wildman–Crippen MR) is 76.7 cm³/mol. The lowest BCUT2D eigenvalue weighted by molar-refractivity contribution is -0.258. The summed E-state index contributed by atoms with van der Waals surface area (Å²) in [7, 11) is 0. The number of rotatable bonds is 3. The topological polar surface area (TPSA) is 49.3 Å². The average Bonchev–Trinajstić information content (AvgIpc) is 2.48. The van der Waals surface area contributed by atoms with E-state index in [1.807, 2.05) is 0 Å². The Bertz CT molecular complexity index is 585. The van der Waals surface area contributed by atoms with E-state index in [0.29, 0.717) is 6.92 Å². The van der Waals surface area contributed by atoms with E-state index >= 15 is 0 Å². The highest BCUT2D eigenvalue weighted by Gasteiger charge is 2.51. The number of carbonyl (C=O) groups is 1. The first-order chi connectivity index (χ1) is 10.9. The second kappa shape index (κ2) is 6.31. The van der Waals surface area contributed by atoms with Crippen molar-refractivity contribution < 1.29 is 31.9 Å². The minimum absolute atomic E-state index is 0.106. The van der Waals surface area contributed by atoms with Gasteiger partial charge in [-0.3, -0.25) is 4.79 Å². The number of aliphatic hydroxyl groups is 1. The van der Waals surface area contributed by atoms with Crippen molar-refractivity contribution in [2.24, 2.45) is 0 Å². The van der Waals surface area contributed by atoms with Gasteiger partial charge in [0.15, 0.2) is 5.60 Å². The summed E-state index contributed by atoms with van der Waals surface area (Å²) in [6, 6.07) is 4.01. The summed E-state index contributed by atoms with van der Waals surface area (Å²) in [5, 5.41) is 12.2. The number of halogens is 5. The van der Waals surface area contributed by atoms with Crippen LogP contribution in [0.15, 0.2) is 24.3 Å². The highest BCUT2D eigenvalue weighted by molar-refractivity contribution is 5.94. The number of nitrogens with one attached hydrogen (secondary N) is 1. The van der Waals surface area contributed by atoms with E-state index in [4.69, 9.17) is 0 Å². The Balaban J connectivity index is 2.02. The molecule has 134 valence electrons. The summed E-state index contributed by atoms with van der Waals surface area (Å²) < 4.78 is 64.4. The third-order valence-electron chi connectivity index (χ3n) is 4.31. The molecule has 0 aliphatic heterocycles. The van der Waals surface area contributed by atoms with Crippen molar-refractivity contribution >= 4 is 5.91 Å². The molecule has 0 saturated heterocycles. The van der Waals surface area contributed by atoms with Crippen LogP contribution in [0.1, 0.15) is 48.5 Å². The smallest absolute Gasteiger partial charge is 0.376 e. The van der Waals surface area contributed by atoms with E-state index < -0.39 is 23.6 Å². The molecule has 1 amide bonds. The van der Waals surface area contributed by atoms with E-state index in [-0.39, 0.29) is 42.9 Å². The van der Waals surface area contributed by atoms with Gasteiger partial charge in [0.1, 0.15) is 0 Å². The summed E-state index contributed by atoms with van der Waals surface area (Å²) in [5.41, 5.74) is -3.30. The summed E-state index contributed by atoms with van der Waals surface area (Å²) in [4.78, 5) is 12.0. The van der Waals surface area contributed by atoms with Crippen LogP contribution >= 0.6 is 0 Å². The largest absolute Gasteiger partial charge is 0.421 e. The van der Waals surface area contributed by atoms with Gasteiger partial charge in [-0.2, -0.15) is 13.2 Å². The highest BCUT2D eigenvalue weighted by Crippen LogP contribution is 2.38. The monoisotopic (exact) mass is 351 g/mol. The third-order valence-corrected chi connectivity index (χ3v) is 4.31. The summed E-state index contributed by atoms with van der Waals surface area (Å²) >= 11 is 0. The van der Waals surface area contributed by atoms with Crippen molar-refractivity contribution in [2.75, 3.05) is 0 Å². The van der Waals surface area contributed by atoms with Crippen molar-refractivity contribution in [3.05, 3.63) is 35.4 Å². The summed E-state index contributed by atoms with van der Waals surface area (Å²) in [6.07, 6.45) is -5.14. The lowest BCUT2D eigenvalue weighted by atomic mass is 9.91. The second-order valence-electron chi connectivity index (χ2n) is 6.25. The molecule has 1 unspecified atom stereocenters. The fourth-order valence-electron chi connectivity index (χ4n) is 2.56. The SMILES string of the molecule is CC(O)(c1ccc(C(=O)NC2CCC(F)(F)CC2)cc1)C(F)(F)F. The van der Waals surface area contributed by atoms with E-state index in [1.54, 1.807) is 0 Å².